The van der Waals surface area contributed by atoms with Crippen molar-refractivity contribution >= 4 is 21.6 Å². The first-order valence-corrected chi connectivity index (χ1v) is 9.88. The first-order valence-electron chi connectivity index (χ1n) is 8.06. The summed E-state index contributed by atoms with van der Waals surface area (Å²) < 4.78 is 23.2. The Hall–Kier alpha value is -1.70. The summed E-state index contributed by atoms with van der Waals surface area (Å²) in [6, 6.07) is -0.199. The Kier molecular flexibility index (Phi) is 3.51. The highest BCUT2D eigenvalue weighted by molar-refractivity contribution is 7.91. The molecule has 3 aliphatic rings. The molecular weight excluding hydrogens is 316 g/mol. The minimum Gasteiger partial charge on any atom is -0.324 e. The van der Waals surface area contributed by atoms with Crippen molar-refractivity contribution in [1.29, 1.82) is 0 Å². The highest BCUT2D eigenvalue weighted by Crippen LogP contribution is 2.33. The van der Waals surface area contributed by atoms with E-state index < -0.39 is 9.84 Å². The largest absolute Gasteiger partial charge is 0.324 e. The predicted octanol–water partition coefficient (Wildman–Crippen LogP) is 0.937. The van der Waals surface area contributed by atoms with E-state index in [1.807, 2.05) is 0 Å². The van der Waals surface area contributed by atoms with Crippen molar-refractivity contribution < 1.29 is 13.2 Å². The van der Waals surface area contributed by atoms with Crippen LogP contribution in [-0.2, 0) is 16.3 Å². The van der Waals surface area contributed by atoms with Crippen molar-refractivity contribution in [2.24, 2.45) is 17.8 Å². The van der Waals surface area contributed by atoms with Gasteiger partial charge in [0.2, 0.25) is 0 Å². The number of carbonyl (C=O) groups excluding carboxylic acids is 1. The number of nitrogens with one attached hydrogen (secondary N) is 1. The van der Waals surface area contributed by atoms with E-state index in [0.29, 0.717) is 18.8 Å². The molecule has 1 aliphatic carbocycles. The second kappa shape index (κ2) is 5.43. The Balaban J connectivity index is 1.33. The van der Waals surface area contributed by atoms with Crippen LogP contribution in [0.1, 0.15) is 18.7 Å². The maximum absolute atomic E-state index is 12.3. The Labute approximate surface area is 135 Å². The standard InChI is InChI=1S/C15H20N4O3S/c20-15(19-6-11-8-23(21,22)9-12(11)7-19)18-13-4-16-14(17-5-13)3-10-1-2-10/h4-5,10-12H,1-3,6-9H2,(H,18,20)/t11-,12+. The van der Waals surface area contributed by atoms with E-state index >= 15 is 0 Å². The summed E-state index contributed by atoms with van der Waals surface area (Å²) in [4.78, 5) is 22.6. The molecule has 1 saturated carbocycles. The van der Waals surface area contributed by atoms with Gasteiger partial charge in [-0.25, -0.2) is 23.2 Å². The van der Waals surface area contributed by atoms with Gasteiger partial charge in [-0.1, -0.05) is 0 Å². The molecule has 2 amide bonds. The Morgan fingerprint density at radius 3 is 2.35 bits per heavy atom. The maximum Gasteiger partial charge on any atom is 0.321 e. The monoisotopic (exact) mass is 336 g/mol. The fourth-order valence-corrected chi connectivity index (χ4v) is 5.71. The lowest BCUT2D eigenvalue weighted by Crippen LogP contribution is -2.34. The number of sulfone groups is 1. The number of urea groups is 1. The van der Waals surface area contributed by atoms with Gasteiger partial charge in [-0.15, -0.1) is 0 Å². The molecule has 0 unspecified atom stereocenters. The maximum atomic E-state index is 12.3. The van der Waals surface area contributed by atoms with Crippen LogP contribution >= 0.6 is 0 Å². The third-order valence-corrected chi connectivity index (χ3v) is 6.80. The van der Waals surface area contributed by atoms with E-state index in [0.717, 1.165) is 18.2 Å². The van der Waals surface area contributed by atoms with Crippen LogP contribution in [0.2, 0.25) is 0 Å². The molecule has 2 aliphatic heterocycles. The molecule has 23 heavy (non-hydrogen) atoms. The van der Waals surface area contributed by atoms with E-state index in [2.05, 4.69) is 15.3 Å². The second-order valence-corrected chi connectivity index (χ2v) is 9.12. The zero-order valence-electron chi connectivity index (χ0n) is 12.8. The van der Waals surface area contributed by atoms with Crippen LogP contribution in [0.5, 0.6) is 0 Å². The molecule has 0 spiro atoms. The number of likely N-dealkylation sites (tertiary alicyclic amines) is 1. The molecule has 2 saturated heterocycles. The smallest absolute Gasteiger partial charge is 0.321 e. The molecule has 2 atom stereocenters. The van der Waals surface area contributed by atoms with E-state index in [1.54, 1.807) is 17.3 Å². The van der Waals surface area contributed by atoms with Gasteiger partial charge in [-0.05, 0) is 30.6 Å². The molecule has 4 rings (SSSR count). The lowest BCUT2D eigenvalue weighted by molar-refractivity contribution is 0.220. The van der Waals surface area contributed by atoms with Gasteiger partial charge in [-0.3, -0.25) is 0 Å². The van der Waals surface area contributed by atoms with Crippen LogP contribution in [0.4, 0.5) is 10.5 Å². The van der Waals surface area contributed by atoms with Gasteiger partial charge in [0, 0.05) is 19.5 Å². The lowest BCUT2D eigenvalue weighted by atomic mass is 10.0. The average molecular weight is 336 g/mol. The van der Waals surface area contributed by atoms with Gasteiger partial charge < -0.3 is 10.2 Å². The van der Waals surface area contributed by atoms with Gasteiger partial charge in [-0.2, -0.15) is 0 Å². The van der Waals surface area contributed by atoms with Crippen LogP contribution < -0.4 is 5.32 Å². The molecular formula is C15H20N4O3S. The Bertz CT molecular complexity index is 695. The zero-order valence-corrected chi connectivity index (χ0v) is 13.6. The number of amides is 2. The van der Waals surface area contributed by atoms with Gasteiger partial charge in [0.25, 0.3) is 0 Å². The van der Waals surface area contributed by atoms with Gasteiger partial charge in [0.05, 0.1) is 29.6 Å². The number of fused-ring (bicyclic) bond motifs is 1. The van der Waals surface area contributed by atoms with Crippen LogP contribution in [0.3, 0.4) is 0 Å². The van der Waals surface area contributed by atoms with Crippen molar-refractivity contribution in [2.45, 2.75) is 19.3 Å². The third-order valence-electron chi connectivity index (χ3n) is 4.92. The van der Waals surface area contributed by atoms with Crippen molar-refractivity contribution in [2.75, 3.05) is 29.9 Å². The first kappa shape index (κ1) is 14.9. The molecule has 3 fully saturated rings. The summed E-state index contributed by atoms with van der Waals surface area (Å²) in [6.45, 7) is 1.02. The number of anilines is 1. The van der Waals surface area contributed by atoms with Crippen LogP contribution in [0.25, 0.3) is 0 Å². The van der Waals surface area contributed by atoms with Crippen molar-refractivity contribution in [3.63, 3.8) is 0 Å². The van der Waals surface area contributed by atoms with Crippen LogP contribution in [-0.4, -0.2) is 53.9 Å². The Morgan fingerprint density at radius 1 is 1.17 bits per heavy atom. The lowest BCUT2D eigenvalue weighted by Gasteiger charge is -2.18. The fourth-order valence-electron chi connectivity index (χ4n) is 3.51. The van der Waals surface area contributed by atoms with Crippen LogP contribution in [0.15, 0.2) is 12.4 Å². The van der Waals surface area contributed by atoms with Gasteiger partial charge in [0.1, 0.15) is 5.82 Å². The normalized spacial score (nSPS) is 28.6. The topological polar surface area (TPSA) is 92.3 Å². The number of carbonyl (C=O) groups is 1. The number of hydrogen-bond donors (Lipinski definition) is 1. The zero-order chi connectivity index (χ0) is 16.0. The SMILES string of the molecule is O=C(Nc1cnc(CC2CC2)nc1)N1C[C@@H]2CS(=O)(=O)C[C@@H]2C1. The summed E-state index contributed by atoms with van der Waals surface area (Å²) in [5.74, 6) is 2.15. The van der Waals surface area contributed by atoms with Crippen molar-refractivity contribution in [3.05, 3.63) is 18.2 Å². The van der Waals surface area contributed by atoms with Crippen molar-refractivity contribution in [3.8, 4) is 0 Å². The molecule has 1 aromatic heterocycles. The van der Waals surface area contributed by atoms with E-state index in [4.69, 9.17) is 0 Å². The molecule has 124 valence electrons. The first-order chi connectivity index (χ1) is 11.0. The molecule has 3 heterocycles. The summed E-state index contributed by atoms with van der Waals surface area (Å²) in [5.41, 5.74) is 0.583. The summed E-state index contributed by atoms with van der Waals surface area (Å²) in [7, 11) is -2.90. The fraction of sp³-hybridized carbons (Fsp3) is 0.667. The highest BCUT2D eigenvalue weighted by atomic mass is 32.2. The summed E-state index contributed by atoms with van der Waals surface area (Å²) >= 11 is 0. The average Bonchev–Trinajstić information content (AvgIpc) is 3.14. The van der Waals surface area contributed by atoms with E-state index in [-0.39, 0.29) is 29.4 Å². The molecule has 7 nitrogen and oxygen atoms in total. The summed E-state index contributed by atoms with van der Waals surface area (Å²) in [5, 5.41) is 2.80. The van der Waals surface area contributed by atoms with Crippen LogP contribution in [0, 0.1) is 17.8 Å². The molecule has 1 aromatic rings. The number of rotatable bonds is 3. The molecule has 1 N–H and O–H groups in total. The van der Waals surface area contributed by atoms with Gasteiger partial charge >= 0.3 is 6.03 Å². The Morgan fingerprint density at radius 2 is 1.78 bits per heavy atom. The predicted molar refractivity (Wildman–Crippen MR) is 84.7 cm³/mol. The molecule has 0 radical (unpaired) electrons. The minimum atomic E-state index is -2.90. The number of hydrogen-bond acceptors (Lipinski definition) is 5. The van der Waals surface area contributed by atoms with E-state index in [9.17, 15) is 13.2 Å². The quantitative estimate of drug-likeness (QED) is 0.887. The number of nitrogens with zero attached hydrogens (tertiary/aromatic N) is 3. The molecule has 0 aromatic carbocycles. The van der Waals surface area contributed by atoms with E-state index in [1.165, 1.54) is 12.8 Å². The minimum absolute atomic E-state index is 0.0860. The summed E-state index contributed by atoms with van der Waals surface area (Å²) in [6.07, 6.45) is 6.72. The third kappa shape index (κ3) is 3.31. The molecule has 8 heteroatoms. The molecule has 0 bridgehead atoms. The highest BCUT2D eigenvalue weighted by Gasteiger charge is 2.44. The van der Waals surface area contributed by atoms with Crippen molar-refractivity contribution in [1.82, 2.24) is 14.9 Å². The second-order valence-electron chi connectivity index (χ2n) is 6.97. The van der Waals surface area contributed by atoms with Gasteiger partial charge in [0.15, 0.2) is 9.84 Å². The number of aromatic nitrogens is 2.